The third-order valence-electron chi connectivity index (χ3n) is 3.08. The summed E-state index contributed by atoms with van der Waals surface area (Å²) >= 11 is 0. The van der Waals surface area contributed by atoms with E-state index in [1.807, 2.05) is 42.5 Å². The number of rotatable bonds is 5. The Morgan fingerprint density at radius 3 is 2.68 bits per heavy atom. The molecule has 0 unspecified atom stereocenters. The van der Waals surface area contributed by atoms with E-state index in [-0.39, 0.29) is 5.91 Å². The topological polar surface area (TPSA) is 67.2 Å². The molecule has 5 heteroatoms. The van der Waals surface area contributed by atoms with E-state index in [0.29, 0.717) is 12.1 Å². The Bertz CT molecular complexity index is 740. The first-order chi connectivity index (χ1) is 10.8. The molecule has 0 spiro atoms. The number of anilines is 2. The first-order valence-electron chi connectivity index (χ1n) is 6.89. The third kappa shape index (κ3) is 3.52. The average Bonchev–Trinajstić information content (AvgIpc) is 3.08. The van der Waals surface area contributed by atoms with Gasteiger partial charge >= 0.3 is 0 Å². The molecule has 110 valence electrons. The van der Waals surface area contributed by atoms with Crippen LogP contribution in [0.3, 0.4) is 0 Å². The van der Waals surface area contributed by atoms with Gasteiger partial charge in [0.15, 0.2) is 0 Å². The van der Waals surface area contributed by atoms with Gasteiger partial charge in [-0.15, -0.1) is 0 Å². The molecule has 0 atom stereocenters. The number of carbonyl (C=O) groups is 1. The van der Waals surface area contributed by atoms with Crippen molar-refractivity contribution in [1.29, 1.82) is 0 Å². The summed E-state index contributed by atoms with van der Waals surface area (Å²) in [6, 6.07) is 14.8. The van der Waals surface area contributed by atoms with E-state index in [1.54, 1.807) is 18.5 Å². The predicted octanol–water partition coefficient (Wildman–Crippen LogP) is 3.54. The minimum absolute atomic E-state index is 0.194. The van der Waals surface area contributed by atoms with Crippen LogP contribution in [0.15, 0.2) is 71.6 Å². The van der Waals surface area contributed by atoms with Gasteiger partial charge in [-0.25, -0.2) is 0 Å². The second-order valence-electron chi connectivity index (χ2n) is 4.72. The van der Waals surface area contributed by atoms with Crippen LogP contribution in [-0.4, -0.2) is 10.9 Å². The Morgan fingerprint density at radius 2 is 1.91 bits per heavy atom. The maximum absolute atomic E-state index is 12.2. The molecule has 0 aliphatic heterocycles. The van der Waals surface area contributed by atoms with Gasteiger partial charge in [-0.05, 0) is 30.3 Å². The zero-order chi connectivity index (χ0) is 15.2. The number of hydrogen-bond acceptors (Lipinski definition) is 4. The molecule has 3 aromatic rings. The van der Waals surface area contributed by atoms with Crippen molar-refractivity contribution in [3.05, 3.63) is 78.5 Å². The Morgan fingerprint density at radius 1 is 1.05 bits per heavy atom. The average molecular weight is 293 g/mol. The zero-order valence-corrected chi connectivity index (χ0v) is 11.8. The van der Waals surface area contributed by atoms with E-state index in [0.717, 1.165) is 17.1 Å². The monoisotopic (exact) mass is 293 g/mol. The fourth-order valence-corrected chi connectivity index (χ4v) is 1.99. The highest BCUT2D eigenvalue weighted by atomic mass is 16.3. The van der Waals surface area contributed by atoms with Crippen LogP contribution in [0, 0.1) is 0 Å². The van der Waals surface area contributed by atoms with Crippen LogP contribution in [0.5, 0.6) is 0 Å². The van der Waals surface area contributed by atoms with Crippen molar-refractivity contribution in [3.63, 3.8) is 0 Å². The van der Waals surface area contributed by atoms with Gasteiger partial charge in [-0.3, -0.25) is 9.78 Å². The second-order valence-corrected chi connectivity index (χ2v) is 4.72. The lowest BCUT2D eigenvalue weighted by Gasteiger charge is -2.07. The van der Waals surface area contributed by atoms with Crippen LogP contribution >= 0.6 is 0 Å². The number of hydrogen-bond donors (Lipinski definition) is 2. The van der Waals surface area contributed by atoms with Crippen molar-refractivity contribution in [1.82, 2.24) is 4.98 Å². The first kappa shape index (κ1) is 13.9. The number of benzene rings is 1. The molecular formula is C17H15N3O2. The molecule has 0 aliphatic carbocycles. The van der Waals surface area contributed by atoms with Gasteiger partial charge in [0, 0.05) is 18.1 Å². The van der Waals surface area contributed by atoms with E-state index >= 15 is 0 Å². The quantitative estimate of drug-likeness (QED) is 0.755. The summed E-state index contributed by atoms with van der Waals surface area (Å²) in [6.45, 7) is 0.540. The van der Waals surface area contributed by atoms with Crippen LogP contribution in [0.25, 0.3) is 0 Å². The van der Waals surface area contributed by atoms with Gasteiger partial charge in [0.1, 0.15) is 5.76 Å². The van der Waals surface area contributed by atoms with Gasteiger partial charge in [0.2, 0.25) is 0 Å². The van der Waals surface area contributed by atoms with Gasteiger partial charge in [-0.2, -0.15) is 0 Å². The maximum Gasteiger partial charge on any atom is 0.257 e. The molecule has 2 N–H and O–H groups in total. The zero-order valence-electron chi connectivity index (χ0n) is 11.8. The molecule has 22 heavy (non-hydrogen) atoms. The number of nitrogens with zero attached hydrogens (tertiary/aromatic N) is 1. The Hall–Kier alpha value is -3.08. The molecule has 3 rings (SSSR count). The van der Waals surface area contributed by atoms with Gasteiger partial charge in [-0.1, -0.05) is 18.2 Å². The third-order valence-corrected chi connectivity index (χ3v) is 3.08. The van der Waals surface area contributed by atoms with E-state index < -0.39 is 0 Å². The number of amides is 1. The molecule has 1 amide bonds. The fraction of sp³-hybridized carbons (Fsp3) is 0.0588. The molecule has 2 aromatic heterocycles. The lowest BCUT2D eigenvalue weighted by atomic mass is 10.2. The molecule has 2 heterocycles. The van der Waals surface area contributed by atoms with Crippen LogP contribution in [0.1, 0.15) is 16.1 Å². The summed E-state index contributed by atoms with van der Waals surface area (Å²) in [6.07, 6.45) is 4.83. The van der Waals surface area contributed by atoms with Crippen molar-refractivity contribution in [2.45, 2.75) is 6.54 Å². The van der Waals surface area contributed by atoms with Gasteiger partial charge in [0.25, 0.3) is 5.91 Å². The molecule has 0 bridgehead atoms. The largest absolute Gasteiger partial charge is 0.467 e. The highest BCUT2D eigenvalue weighted by Gasteiger charge is 2.07. The summed E-state index contributed by atoms with van der Waals surface area (Å²) in [5, 5.41) is 6.00. The Labute approximate surface area is 128 Å². The summed E-state index contributed by atoms with van der Waals surface area (Å²) < 4.78 is 5.25. The summed E-state index contributed by atoms with van der Waals surface area (Å²) in [5.41, 5.74) is 2.01. The number of carbonyl (C=O) groups excluding carboxylic acids is 1. The van der Waals surface area contributed by atoms with Gasteiger partial charge in [0.05, 0.1) is 24.1 Å². The second kappa shape index (κ2) is 6.58. The van der Waals surface area contributed by atoms with E-state index in [2.05, 4.69) is 15.6 Å². The van der Waals surface area contributed by atoms with Crippen molar-refractivity contribution < 1.29 is 9.21 Å². The minimum atomic E-state index is -0.194. The lowest BCUT2D eigenvalue weighted by Crippen LogP contribution is -2.12. The summed E-state index contributed by atoms with van der Waals surface area (Å²) in [5.74, 6) is 0.625. The number of pyridine rings is 1. The number of para-hydroxylation sites is 1. The van der Waals surface area contributed by atoms with Crippen LogP contribution in [-0.2, 0) is 6.54 Å². The smallest absolute Gasteiger partial charge is 0.257 e. The summed E-state index contributed by atoms with van der Waals surface area (Å²) in [4.78, 5) is 16.3. The molecular weight excluding hydrogens is 278 g/mol. The van der Waals surface area contributed by atoms with E-state index in [9.17, 15) is 4.79 Å². The SMILES string of the molecule is O=C(Nc1ccccc1)c1cncc(NCc2ccco2)c1. The van der Waals surface area contributed by atoms with E-state index in [1.165, 1.54) is 6.20 Å². The molecule has 5 nitrogen and oxygen atoms in total. The predicted molar refractivity (Wildman–Crippen MR) is 84.7 cm³/mol. The van der Waals surface area contributed by atoms with Crippen molar-refractivity contribution in [3.8, 4) is 0 Å². The van der Waals surface area contributed by atoms with E-state index in [4.69, 9.17) is 4.42 Å². The Kier molecular flexibility index (Phi) is 4.15. The van der Waals surface area contributed by atoms with Crippen LogP contribution < -0.4 is 10.6 Å². The highest BCUT2D eigenvalue weighted by Crippen LogP contribution is 2.13. The normalized spacial score (nSPS) is 10.2. The number of aromatic nitrogens is 1. The Balaban J connectivity index is 1.66. The first-order valence-corrected chi connectivity index (χ1v) is 6.89. The van der Waals surface area contributed by atoms with Crippen molar-refractivity contribution >= 4 is 17.3 Å². The highest BCUT2D eigenvalue weighted by molar-refractivity contribution is 6.04. The fourth-order valence-electron chi connectivity index (χ4n) is 1.99. The minimum Gasteiger partial charge on any atom is -0.467 e. The molecule has 0 saturated carbocycles. The number of furan rings is 1. The molecule has 0 fully saturated rings. The van der Waals surface area contributed by atoms with Crippen molar-refractivity contribution in [2.24, 2.45) is 0 Å². The number of nitrogens with one attached hydrogen (secondary N) is 2. The van der Waals surface area contributed by atoms with Crippen LogP contribution in [0.4, 0.5) is 11.4 Å². The van der Waals surface area contributed by atoms with Crippen molar-refractivity contribution in [2.75, 3.05) is 10.6 Å². The standard InChI is InChI=1S/C17H15N3O2/c21-17(20-14-5-2-1-3-6-14)13-9-15(11-18-10-13)19-12-16-7-4-8-22-16/h1-11,19H,12H2,(H,20,21). The lowest BCUT2D eigenvalue weighted by molar-refractivity contribution is 0.102. The molecule has 1 aromatic carbocycles. The van der Waals surface area contributed by atoms with Crippen LogP contribution in [0.2, 0.25) is 0 Å². The van der Waals surface area contributed by atoms with Gasteiger partial charge < -0.3 is 15.1 Å². The maximum atomic E-state index is 12.2. The molecule has 0 aliphatic rings. The summed E-state index contributed by atoms with van der Waals surface area (Å²) in [7, 11) is 0. The molecule has 0 saturated heterocycles. The molecule has 0 radical (unpaired) electrons.